The first-order valence-corrected chi connectivity index (χ1v) is 7.36. The van der Waals surface area contributed by atoms with Gasteiger partial charge in [-0.05, 0) is 23.8 Å². The van der Waals surface area contributed by atoms with Crippen LogP contribution in [0.2, 0.25) is 0 Å². The molecule has 2 aromatic rings. The van der Waals surface area contributed by atoms with Crippen LogP contribution in [0.1, 0.15) is 21.5 Å². The van der Waals surface area contributed by atoms with Crippen molar-refractivity contribution >= 4 is 31.9 Å². The van der Waals surface area contributed by atoms with Crippen LogP contribution >= 0.6 is 31.9 Å². The standard InChI is InChI=1S/C14H7Br2F5/c15-7-1-3-9(11(5-7)14(19,20)21)13(16)10-4-2-8(17)6-12(10)18/h1-6,13H. The molecule has 0 fully saturated rings. The van der Waals surface area contributed by atoms with Gasteiger partial charge in [-0.2, -0.15) is 13.2 Å². The molecule has 0 heterocycles. The lowest BCUT2D eigenvalue weighted by molar-refractivity contribution is -0.138. The molecule has 0 aliphatic carbocycles. The maximum absolute atomic E-state index is 13.7. The molecule has 0 nitrogen and oxygen atoms in total. The van der Waals surface area contributed by atoms with Crippen LogP contribution in [-0.4, -0.2) is 0 Å². The van der Waals surface area contributed by atoms with E-state index >= 15 is 0 Å². The minimum Gasteiger partial charge on any atom is -0.207 e. The smallest absolute Gasteiger partial charge is 0.207 e. The average Bonchev–Trinajstić information content (AvgIpc) is 2.37. The van der Waals surface area contributed by atoms with Gasteiger partial charge in [-0.3, -0.25) is 0 Å². The molecule has 0 aromatic heterocycles. The fourth-order valence-corrected chi connectivity index (χ4v) is 3.00. The minimum atomic E-state index is -4.58. The van der Waals surface area contributed by atoms with Crippen molar-refractivity contribution in [2.24, 2.45) is 0 Å². The van der Waals surface area contributed by atoms with E-state index in [2.05, 4.69) is 31.9 Å². The van der Waals surface area contributed by atoms with E-state index in [4.69, 9.17) is 0 Å². The summed E-state index contributed by atoms with van der Waals surface area (Å²) >= 11 is 6.04. The van der Waals surface area contributed by atoms with Crippen LogP contribution in [0.5, 0.6) is 0 Å². The highest BCUT2D eigenvalue weighted by Gasteiger charge is 2.35. The lowest BCUT2D eigenvalue weighted by Crippen LogP contribution is -2.11. The van der Waals surface area contributed by atoms with E-state index in [-0.39, 0.29) is 15.6 Å². The van der Waals surface area contributed by atoms with Crippen LogP contribution in [0.25, 0.3) is 0 Å². The molecule has 2 aromatic carbocycles. The summed E-state index contributed by atoms with van der Waals surface area (Å²) in [6, 6.07) is 6.35. The fourth-order valence-electron chi connectivity index (χ4n) is 1.87. The molecule has 0 aliphatic heterocycles. The van der Waals surface area contributed by atoms with Gasteiger partial charge in [-0.25, -0.2) is 8.78 Å². The van der Waals surface area contributed by atoms with Crippen molar-refractivity contribution < 1.29 is 22.0 Å². The first-order chi connectivity index (χ1) is 9.70. The molecule has 0 bridgehead atoms. The number of hydrogen-bond acceptors (Lipinski definition) is 0. The van der Waals surface area contributed by atoms with Gasteiger partial charge in [0.25, 0.3) is 0 Å². The van der Waals surface area contributed by atoms with Gasteiger partial charge >= 0.3 is 6.18 Å². The highest BCUT2D eigenvalue weighted by Crippen LogP contribution is 2.42. The van der Waals surface area contributed by atoms with Crippen molar-refractivity contribution in [2.45, 2.75) is 11.0 Å². The Morgan fingerprint density at radius 3 is 2.10 bits per heavy atom. The van der Waals surface area contributed by atoms with Crippen LogP contribution in [-0.2, 0) is 6.18 Å². The summed E-state index contributed by atoms with van der Waals surface area (Å²) in [4.78, 5) is -1.04. The molecular formula is C14H7Br2F5. The summed E-state index contributed by atoms with van der Waals surface area (Å²) in [5.74, 6) is -1.70. The summed E-state index contributed by atoms with van der Waals surface area (Å²) in [5, 5.41) is 0. The van der Waals surface area contributed by atoms with Gasteiger partial charge in [0, 0.05) is 16.1 Å². The second kappa shape index (κ2) is 6.04. The van der Waals surface area contributed by atoms with E-state index in [1.807, 2.05) is 0 Å². The molecule has 0 saturated carbocycles. The monoisotopic (exact) mass is 428 g/mol. The third-order valence-electron chi connectivity index (χ3n) is 2.83. The van der Waals surface area contributed by atoms with Gasteiger partial charge in [-0.15, -0.1) is 0 Å². The highest BCUT2D eigenvalue weighted by molar-refractivity contribution is 9.10. The Bertz CT molecular complexity index is 667. The maximum atomic E-state index is 13.7. The zero-order valence-electron chi connectivity index (χ0n) is 10.2. The molecule has 7 heteroatoms. The van der Waals surface area contributed by atoms with Crippen LogP contribution in [0.4, 0.5) is 22.0 Å². The second-order valence-electron chi connectivity index (χ2n) is 4.26. The Morgan fingerprint density at radius 1 is 0.905 bits per heavy atom. The normalized spacial score (nSPS) is 13.3. The quantitative estimate of drug-likeness (QED) is 0.392. The van der Waals surface area contributed by atoms with Gasteiger partial charge in [0.05, 0.1) is 10.4 Å². The Kier molecular flexibility index (Phi) is 4.72. The molecular weight excluding hydrogens is 423 g/mol. The van der Waals surface area contributed by atoms with Gasteiger partial charge in [0.2, 0.25) is 0 Å². The zero-order chi connectivity index (χ0) is 15.8. The SMILES string of the molecule is Fc1ccc(C(Br)c2ccc(Br)cc2C(F)(F)F)c(F)c1. The van der Waals surface area contributed by atoms with Crippen molar-refractivity contribution in [1.82, 2.24) is 0 Å². The summed E-state index contributed by atoms with van der Waals surface area (Å²) in [7, 11) is 0. The molecule has 2 rings (SSSR count). The molecule has 0 radical (unpaired) electrons. The van der Waals surface area contributed by atoms with E-state index in [0.29, 0.717) is 6.07 Å². The predicted octanol–water partition coefficient (Wildman–Crippen LogP) is 6.23. The average molecular weight is 430 g/mol. The van der Waals surface area contributed by atoms with Crippen molar-refractivity contribution in [3.8, 4) is 0 Å². The largest absolute Gasteiger partial charge is 0.416 e. The van der Waals surface area contributed by atoms with Crippen LogP contribution < -0.4 is 0 Å². The lowest BCUT2D eigenvalue weighted by Gasteiger charge is -2.18. The van der Waals surface area contributed by atoms with Gasteiger partial charge in [0.15, 0.2) is 0 Å². The van der Waals surface area contributed by atoms with Crippen LogP contribution in [0.3, 0.4) is 0 Å². The zero-order valence-corrected chi connectivity index (χ0v) is 13.4. The Labute approximate surface area is 134 Å². The number of hydrogen-bond donors (Lipinski definition) is 0. The van der Waals surface area contributed by atoms with Crippen LogP contribution in [0.15, 0.2) is 40.9 Å². The second-order valence-corrected chi connectivity index (χ2v) is 6.09. The molecule has 21 heavy (non-hydrogen) atoms. The van der Waals surface area contributed by atoms with Crippen molar-refractivity contribution in [1.29, 1.82) is 0 Å². The Morgan fingerprint density at radius 2 is 1.52 bits per heavy atom. The van der Waals surface area contributed by atoms with E-state index in [9.17, 15) is 22.0 Å². The van der Waals surface area contributed by atoms with Gasteiger partial charge < -0.3 is 0 Å². The van der Waals surface area contributed by atoms with Gasteiger partial charge in [-0.1, -0.05) is 44.0 Å². The fraction of sp³-hybridized carbons (Fsp3) is 0.143. The van der Waals surface area contributed by atoms with E-state index in [1.54, 1.807) is 0 Å². The number of alkyl halides is 4. The van der Waals surface area contributed by atoms with Crippen molar-refractivity contribution in [3.05, 3.63) is 69.2 Å². The number of halogens is 7. The molecule has 0 saturated heterocycles. The minimum absolute atomic E-state index is 0.0655. The van der Waals surface area contributed by atoms with Crippen molar-refractivity contribution in [3.63, 3.8) is 0 Å². The molecule has 1 unspecified atom stereocenters. The predicted molar refractivity (Wildman–Crippen MR) is 76.3 cm³/mol. The number of benzene rings is 2. The molecule has 112 valence electrons. The van der Waals surface area contributed by atoms with Crippen molar-refractivity contribution in [2.75, 3.05) is 0 Å². The molecule has 0 spiro atoms. The Balaban J connectivity index is 2.55. The Hall–Kier alpha value is -0.950. The molecule has 0 N–H and O–H groups in total. The maximum Gasteiger partial charge on any atom is 0.416 e. The van der Waals surface area contributed by atoms with Crippen LogP contribution in [0, 0.1) is 11.6 Å². The van der Waals surface area contributed by atoms with E-state index in [0.717, 1.165) is 18.2 Å². The topological polar surface area (TPSA) is 0 Å². The molecule has 0 aliphatic rings. The number of rotatable bonds is 2. The molecule has 1 atom stereocenters. The molecule has 0 amide bonds. The van der Waals surface area contributed by atoms with Gasteiger partial charge in [0.1, 0.15) is 11.6 Å². The third-order valence-corrected chi connectivity index (χ3v) is 4.31. The highest BCUT2D eigenvalue weighted by atomic mass is 79.9. The third kappa shape index (κ3) is 3.63. The summed E-state index contributed by atoms with van der Waals surface area (Å²) in [6.07, 6.45) is -4.58. The first kappa shape index (κ1) is 16.4. The van der Waals surface area contributed by atoms with E-state index < -0.39 is 28.2 Å². The summed E-state index contributed by atoms with van der Waals surface area (Å²) < 4.78 is 66.1. The summed E-state index contributed by atoms with van der Waals surface area (Å²) in [6.45, 7) is 0. The first-order valence-electron chi connectivity index (χ1n) is 5.66. The lowest BCUT2D eigenvalue weighted by atomic mass is 9.99. The van der Waals surface area contributed by atoms with E-state index in [1.165, 1.54) is 12.1 Å². The summed E-state index contributed by atoms with van der Waals surface area (Å²) in [5.41, 5.74) is -1.09.